The number of rotatable bonds is 5. The summed E-state index contributed by atoms with van der Waals surface area (Å²) in [6, 6.07) is 6.47. The number of hydrogen-bond donors (Lipinski definition) is 10. The average Bonchev–Trinajstić information content (AvgIpc) is 3.21. The Balaban J connectivity index is 1.81. The molecule has 2 fully saturated rings. The molecule has 3 aromatic rings. The maximum Gasteiger partial charge on any atom is 0.197 e. The van der Waals surface area contributed by atoms with Gasteiger partial charge in [0, 0.05) is 11.6 Å². The van der Waals surface area contributed by atoms with Crippen LogP contribution < -0.4 is 5.43 Å². The fourth-order valence-electron chi connectivity index (χ4n) is 5.19. The molecule has 1 aromatic heterocycles. The van der Waals surface area contributed by atoms with E-state index in [0.29, 0.717) is 5.56 Å². The van der Waals surface area contributed by atoms with Crippen LogP contribution in [0.4, 0.5) is 0 Å². The molecule has 0 bridgehead atoms. The molecule has 2 aliphatic heterocycles. The third kappa shape index (κ3) is 4.39. The van der Waals surface area contributed by atoms with Gasteiger partial charge in [0.05, 0.1) is 24.3 Å². The van der Waals surface area contributed by atoms with E-state index in [1.54, 1.807) is 0 Å². The van der Waals surface area contributed by atoms with Gasteiger partial charge in [-0.1, -0.05) is 0 Å². The van der Waals surface area contributed by atoms with Crippen LogP contribution in [0.2, 0.25) is 0 Å². The van der Waals surface area contributed by atoms with E-state index in [9.17, 15) is 55.9 Å². The molecule has 2 saturated heterocycles. The summed E-state index contributed by atoms with van der Waals surface area (Å²) in [6.45, 7) is -1.55. The molecule has 0 aliphatic carbocycles. The van der Waals surface area contributed by atoms with Crippen LogP contribution in [0.25, 0.3) is 22.3 Å². The van der Waals surface area contributed by atoms with Crippen LogP contribution in [-0.2, 0) is 9.47 Å². The number of aromatic hydroxyl groups is 3. The molecular formula is C26H28O14. The SMILES string of the molecule is O=c1cc(-c2ccc(O)cc2)oc2c([C@@H]3O[C@@H](CO)[C@@H](O)[C@H](O)[C@H]3O)c(O)c([C@@H]3O[C@@H](CO)[C@H](O)[C@H]3O)c(O)c12. The number of aliphatic hydroxyl groups excluding tert-OH is 7. The van der Waals surface area contributed by atoms with E-state index in [-0.39, 0.29) is 11.5 Å². The van der Waals surface area contributed by atoms with Gasteiger partial charge in [-0.3, -0.25) is 4.79 Å². The van der Waals surface area contributed by atoms with E-state index in [4.69, 9.17) is 13.9 Å². The summed E-state index contributed by atoms with van der Waals surface area (Å²) >= 11 is 0. The van der Waals surface area contributed by atoms with Crippen molar-refractivity contribution < 1.29 is 65.0 Å². The molecule has 216 valence electrons. The first-order valence-corrected chi connectivity index (χ1v) is 12.3. The lowest BCUT2D eigenvalue weighted by Gasteiger charge is -2.40. The zero-order valence-electron chi connectivity index (χ0n) is 20.6. The van der Waals surface area contributed by atoms with Gasteiger partial charge in [0.1, 0.15) is 83.3 Å². The highest BCUT2D eigenvalue weighted by molar-refractivity contribution is 5.92. The Kier molecular flexibility index (Phi) is 7.47. The summed E-state index contributed by atoms with van der Waals surface area (Å²) in [5.74, 6) is -1.99. The minimum Gasteiger partial charge on any atom is -0.508 e. The van der Waals surface area contributed by atoms with Gasteiger partial charge in [-0.15, -0.1) is 0 Å². The van der Waals surface area contributed by atoms with Crippen LogP contribution in [0, 0.1) is 0 Å². The lowest BCUT2D eigenvalue weighted by atomic mass is 9.87. The molecule has 5 rings (SSSR count). The number of hydrogen-bond acceptors (Lipinski definition) is 14. The monoisotopic (exact) mass is 564 g/mol. The number of aliphatic hydroxyl groups is 7. The average molecular weight is 564 g/mol. The summed E-state index contributed by atoms with van der Waals surface area (Å²) in [4.78, 5) is 13.4. The number of phenolic OH excluding ortho intramolecular Hbond substituents is 3. The quantitative estimate of drug-likeness (QED) is 0.165. The van der Waals surface area contributed by atoms with E-state index in [0.717, 1.165) is 6.07 Å². The molecule has 10 N–H and O–H groups in total. The van der Waals surface area contributed by atoms with E-state index in [2.05, 4.69) is 0 Å². The van der Waals surface area contributed by atoms with Crippen molar-refractivity contribution in [1.82, 2.24) is 0 Å². The summed E-state index contributed by atoms with van der Waals surface area (Å²) in [6.07, 6.45) is -15.3. The highest BCUT2D eigenvalue weighted by Crippen LogP contribution is 2.51. The predicted octanol–water partition coefficient (Wildman–Crippen LogP) is -1.75. The summed E-state index contributed by atoms with van der Waals surface area (Å²) in [5, 5.41) is 103. The van der Waals surface area contributed by atoms with E-state index in [1.165, 1.54) is 24.3 Å². The molecule has 2 aromatic carbocycles. The van der Waals surface area contributed by atoms with Crippen molar-refractivity contribution in [1.29, 1.82) is 0 Å². The van der Waals surface area contributed by atoms with Crippen LogP contribution in [0.3, 0.4) is 0 Å². The lowest BCUT2D eigenvalue weighted by Crippen LogP contribution is -2.55. The Hall–Kier alpha value is -3.31. The van der Waals surface area contributed by atoms with Crippen LogP contribution in [-0.4, -0.2) is 107 Å². The molecule has 14 heteroatoms. The molecule has 2 aliphatic rings. The first-order valence-electron chi connectivity index (χ1n) is 12.3. The number of fused-ring (bicyclic) bond motifs is 1. The summed E-state index contributed by atoms with van der Waals surface area (Å²) in [5.41, 5.74) is -2.18. The molecule has 9 atom stereocenters. The Morgan fingerprint density at radius 3 is 1.75 bits per heavy atom. The highest BCUT2D eigenvalue weighted by Gasteiger charge is 2.49. The van der Waals surface area contributed by atoms with Crippen LogP contribution >= 0.6 is 0 Å². The third-order valence-corrected chi connectivity index (χ3v) is 7.35. The first kappa shape index (κ1) is 28.2. The summed E-state index contributed by atoms with van der Waals surface area (Å²) in [7, 11) is 0. The van der Waals surface area contributed by atoms with Gasteiger partial charge in [0.25, 0.3) is 0 Å². The fourth-order valence-corrected chi connectivity index (χ4v) is 5.19. The van der Waals surface area contributed by atoms with Gasteiger partial charge in [-0.05, 0) is 24.3 Å². The van der Waals surface area contributed by atoms with Crippen LogP contribution in [0.5, 0.6) is 17.2 Å². The van der Waals surface area contributed by atoms with Crippen molar-refractivity contribution in [3.63, 3.8) is 0 Å². The van der Waals surface area contributed by atoms with Crippen molar-refractivity contribution in [3.8, 4) is 28.6 Å². The smallest absolute Gasteiger partial charge is 0.197 e. The second-order valence-corrected chi connectivity index (χ2v) is 9.76. The van der Waals surface area contributed by atoms with Crippen LogP contribution in [0.1, 0.15) is 23.3 Å². The predicted molar refractivity (Wildman–Crippen MR) is 132 cm³/mol. The van der Waals surface area contributed by atoms with E-state index in [1.807, 2.05) is 0 Å². The summed E-state index contributed by atoms with van der Waals surface area (Å²) < 4.78 is 17.0. The Labute approximate surface area is 224 Å². The lowest BCUT2D eigenvalue weighted by molar-refractivity contribution is -0.231. The van der Waals surface area contributed by atoms with Crippen molar-refractivity contribution in [2.75, 3.05) is 13.2 Å². The molecule has 0 unspecified atom stereocenters. The minimum absolute atomic E-state index is 0.0766. The molecule has 14 nitrogen and oxygen atoms in total. The van der Waals surface area contributed by atoms with Gasteiger partial charge < -0.3 is 65.0 Å². The topological polar surface area (TPSA) is 251 Å². The second kappa shape index (κ2) is 10.6. The number of phenols is 3. The van der Waals surface area contributed by atoms with Crippen LogP contribution in [0.15, 0.2) is 39.5 Å². The first-order chi connectivity index (χ1) is 19.0. The zero-order valence-corrected chi connectivity index (χ0v) is 20.6. The Morgan fingerprint density at radius 1 is 0.675 bits per heavy atom. The standard InChI is InChI=1S/C26H28O14/c27-6-12-17(31)21(35)23(37)26(40-12)16-20(34)15(25-22(36)18(32)13(7-28)39-25)19(33)14-10(30)5-11(38-24(14)16)8-1-3-9(29)4-2-8/h1-5,12-13,17-18,21-23,25-29,31-37H,6-7H2/t12-,13-,17+,18-,21-,22+,23+,25-,26-/m0/s1. The number of ether oxygens (including phenoxy) is 2. The molecule has 40 heavy (non-hydrogen) atoms. The maximum atomic E-state index is 13.4. The van der Waals surface area contributed by atoms with Gasteiger partial charge in [0.2, 0.25) is 0 Å². The van der Waals surface area contributed by atoms with Gasteiger partial charge in [-0.25, -0.2) is 0 Å². The second-order valence-electron chi connectivity index (χ2n) is 9.76. The van der Waals surface area contributed by atoms with Crippen molar-refractivity contribution in [2.45, 2.75) is 54.9 Å². The molecule has 0 radical (unpaired) electrons. The van der Waals surface area contributed by atoms with Gasteiger partial charge in [-0.2, -0.15) is 0 Å². The minimum atomic E-state index is -1.96. The Bertz CT molecular complexity index is 1450. The molecule has 0 saturated carbocycles. The van der Waals surface area contributed by atoms with Gasteiger partial charge in [0.15, 0.2) is 11.0 Å². The highest BCUT2D eigenvalue weighted by atomic mass is 16.6. The van der Waals surface area contributed by atoms with Crippen molar-refractivity contribution in [3.05, 3.63) is 51.7 Å². The third-order valence-electron chi connectivity index (χ3n) is 7.35. The Morgan fingerprint density at radius 2 is 1.20 bits per heavy atom. The largest absolute Gasteiger partial charge is 0.508 e. The zero-order chi connectivity index (χ0) is 29.0. The molecule has 3 heterocycles. The van der Waals surface area contributed by atoms with Crippen molar-refractivity contribution >= 4 is 11.0 Å². The van der Waals surface area contributed by atoms with E-state index >= 15 is 0 Å². The molecular weight excluding hydrogens is 536 g/mol. The molecule has 0 amide bonds. The molecule has 0 spiro atoms. The number of benzene rings is 2. The van der Waals surface area contributed by atoms with Gasteiger partial charge >= 0.3 is 0 Å². The maximum absolute atomic E-state index is 13.4. The van der Waals surface area contributed by atoms with Crippen molar-refractivity contribution in [2.24, 2.45) is 0 Å². The normalized spacial score (nSPS) is 32.5. The van der Waals surface area contributed by atoms with E-state index < -0.39 is 107 Å². The fraction of sp³-hybridized carbons (Fsp3) is 0.423.